The highest BCUT2D eigenvalue weighted by Gasteiger charge is 2.58. The number of benzene rings is 1. The Morgan fingerprint density at radius 1 is 1.24 bits per heavy atom. The Hall–Kier alpha value is -1.82. The lowest BCUT2D eigenvalue weighted by atomic mass is 9.81. The first-order chi connectivity index (χ1) is 16.0. The van der Waals surface area contributed by atoms with Gasteiger partial charge in [0.1, 0.15) is 11.6 Å². The summed E-state index contributed by atoms with van der Waals surface area (Å²) in [6.45, 7) is 2.02. The van der Waals surface area contributed by atoms with Crippen molar-refractivity contribution in [3.8, 4) is 0 Å². The molecule has 2 saturated carbocycles. The zero-order chi connectivity index (χ0) is 24.8. The predicted octanol–water partition coefficient (Wildman–Crippen LogP) is 2.79. The van der Waals surface area contributed by atoms with Crippen LogP contribution in [-0.4, -0.2) is 75.8 Å². The second-order valence-electron chi connectivity index (χ2n) is 9.99. The highest BCUT2D eigenvalue weighted by atomic mass is 32.2. The SMILES string of the molecule is COC(=O)N1[C@H](C)C[C@H](NS(=O)(=O)N(C)C)[C@@H]1COC1CCC2(c3cc(F)cc(F)c3)CC2C1. The Kier molecular flexibility index (Phi) is 6.93. The van der Waals surface area contributed by atoms with Gasteiger partial charge in [-0.05, 0) is 68.1 Å². The zero-order valence-corrected chi connectivity index (χ0v) is 20.8. The molecule has 11 heteroatoms. The van der Waals surface area contributed by atoms with Gasteiger partial charge in [-0.25, -0.2) is 13.6 Å². The van der Waals surface area contributed by atoms with Gasteiger partial charge < -0.3 is 9.47 Å². The van der Waals surface area contributed by atoms with Crippen LogP contribution in [0.5, 0.6) is 0 Å². The lowest BCUT2D eigenvalue weighted by Crippen LogP contribution is -2.52. The molecule has 1 N–H and O–H groups in total. The van der Waals surface area contributed by atoms with Crippen LogP contribution in [0.25, 0.3) is 0 Å². The summed E-state index contributed by atoms with van der Waals surface area (Å²) in [5.74, 6) is -0.828. The molecule has 4 rings (SSSR count). The van der Waals surface area contributed by atoms with Crippen LogP contribution in [0, 0.1) is 17.6 Å². The number of nitrogens with one attached hydrogen (secondary N) is 1. The molecule has 1 aromatic rings. The van der Waals surface area contributed by atoms with E-state index in [1.165, 1.54) is 33.3 Å². The number of hydrogen-bond acceptors (Lipinski definition) is 5. The van der Waals surface area contributed by atoms with Crippen LogP contribution < -0.4 is 4.72 Å². The third-order valence-corrected chi connectivity index (χ3v) is 9.25. The topological polar surface area (TPSA) is 88.2 Å². The van der Waals surface area contributed by atoms with Gasteiger partial charge in [-0.3, -0.25) is 4.90 Å². The molecule has 34 heavy (non-hydrogen) atoms. The van der Waals surface area contributed by atoms with E-state index in [1.807, 2.05) is 6.92 Å². The maximum Gasteiger partial charge on any atom is 0.410 e. The number of nitrogens with zero attached hydrogens (tertiary/aromatic N) is 2. The largest absolute Gasteiger partial charge is 0.453 e. The van der Waals surface area contributed by atoms with E-state index in [-0.39, 0.29) is 30.1 Å². The Labute approximate surface area is 199 Å². The number of methoxy groups -OCH3 is 1. The Morgan fingerprint density at radius 3 is 2.50 bits per heavy atom. The fourth-order valence-corrected chi connectivity index (χ4v) is 6.62. The summed E-state index contributed by atoms with van der Waals surface area (Å²) < 4.78 is 67.3. The number of rotatable bonds is 7. The quantitative estimate of drug-likeness (QED) is 0.621. The van der Waals surface area contributed by atoms with Crippen molar-refractivity contribution >= 4 is 16.3 Å². The fraction of sp³-hybridized carbons (Fsp3) is 0.696. The molecule has 6 atom stereocenters. The second-order valence-corrected chi connectivity index (χ2v) is 11.9. The molecule has 1 heterocycles. The standard InChI is InChI=1S/C23H33F2N3O5S/c1-14-7-20(26-34(30,31)27(2)3)21(28(14)22(29)32-4)13-33-19-5-6-23(12-16(23)10-19)15-8-17(24)11-18(25)9-15/h8-9,11,14,16,19-21,26H,5-7,10,12-13H2,1-4H3/t14-,16?,19?,20+,21+,23?/m1/s1. The van der Waals surface area contributed by atoms with Gasteiger partial charge in [0.15, 0.2) is 0 Å². The number of hydrogen-bond donors (Lipinski definition) is 1. The molecule has 1 aliphatic heterocycles. The number of likely N-dealkylation sites (tertiary alicyclic amines) is 1. The molecule has 1 aromatic carbocycles. The van der Waals surface area contributed by atoms with Crippen LogP contribution in [0.4, 0.5) is 13.6 Å². The van der Waals surface area contributed by atoms with E-state index in [0.717, 1.165) is 36.1 Å². The summed E-state index contributed by atoms with van der Waals surface area (Å²) in [7, 11) is 0.488. The third-order valence-electron chi connectivity index (χ3n) is 7.69. The number of fused-ring (bicyclic) bond motifs is 1. The van der Waals surface area contributed by atoms with Crippen LogP contribution in [-0.2, 0) is 25.1 Å². The third kappa shape index (κ3) is 4.80. The Bertz CT molecular complexity index is 1020. The van der Waals surface area contributed by atoms with Crippen molar-refractivity contribution in [2.45, 2.75) is 68.7 Å². The molecule has 1 saturated heterocycles. The zero-order valence-electron chi connectivity index (χ0n) is 20.0. The molecule has 1 amide bonds. The molecular weight excluding hydrogens is 468 g/mol. The van der Waals surface area contributed by atoms with E-state index in [1.54, 1.807) is 4.90 Å². The molecule has 0 radical (unpaired) electrons. The average Bonchev–Trinajstić information content (AvgIpc) is 3.42. The van der Waals surface area contributed by atoms with E-state index < -0.39 is 40.0 Å². The molecule has 0 aromatic heterocycles. The van der Waals surface area contributed by atoms with Crippen molar-refractivity contribution in [1.82, 2.24) is 13.9 Å². The van der Waals surface area contributed by atoms with E-state index in [0.29, 0.717) is 12.0 Å². The molecule has 3 unspecified atom stereocenters. The van der Waals surface area contributed by atoms with Crippen molar-refractivity contribution in [3.63, 3.8) is 0 Å². The first-order valence-electron chi connectivity index (χ1n) is 11.6. The first-order valence-corrected chi connectivity index (χ1v) is 13.0. The van der Waals surface area contributed by atoms with Gasteiger partial charge in [0.05, 0.1) is 25.9 Å². The van der Waals surface area contributed by atoms with Crippen LogP contribution in [0.15, 0.2) is 18.2 Å². The van der Waals surface area contributed by atoms with Crippen LogP contribution in [0.2, 0.25) is 0 Å². The van der Waals surface area contributed by atoms with Gasteiger partial charge in [-0.2, -0.15) is 17.4 Å². The van der Waals surface area contributed by atoms with Gasteiger partial charge >= 0.3 is 6.09 Å². The molecule has 3 fully saturated rings. The van der Waals surface area contributed by atoms with Gasteiger partial charge in [-0.1, -0.05) is 0 Å². The molecule has 0 spiro atoms. The predicted molar refractivity (Wildman–Crippen MR) is 121 cm³/mol. The minimum Gasteiger partial charge on any atom is -0.453 e. The first kappa shape index (κ1) is 25.3. The summed E-state index contributed by atoms with van der Waals surface area (Å²) >= 11 is 0. The van der Waals surface area contributed by atoms with Crippen molar-refractivity contribution in [2.24, 2.45) is 5.92 Å². The van der Waals surface area contributed by atoms with Crippen LogP contribution >= 0.6 is 0 Å². The molecule has 190 valence electrons. The number of halogens is 2. The van der Waals surface area contributed by atoms with E-state index in [9.17, 15) is 22.0 Å². The summed E-state index contributed by atoms with van der Waals surface area (Å²) in [6, 6.07) is 2.50. The van der Waals surface area contributed by atoms with Crippen molar-refractivity contribution in [2.75, 3.05) is 27.8 Å². The summed E-state index contributed by atoms with van der Waals surface area (Å²) in [4.78, 5) is 14.0. The minimum atomic E-state index is -3.70. The number of carbonyl (C=O) groups excluding carboxylic acids is 1. The highest BCUT2D eigenvalue weighted by molar-refractivity contribution is 7.87. The van der Waals surface area contributed by atoms with Gasteiger partial charge in [-0.15, -0.1) is 0 Å². The molecule has 2 aliphatic carbocycles. The second kappa shape index (κ2) is 9.33. The van der Waals surface area contributed by atoms with E-state index >= 15 is 0 Å². The Morgan fingerprint density at radius 2 is 1.91 bits per heavy atom. The van der Waals surface area contributed by atoms with Gasteiger partial charge in [0, 0.05) is 32.2 Å². The summed E-state index contributed by atoms with van der Waals surface area (Å²) in [6.07, 6.45) is 2.97. The lowest BCUT2D eigenvalue weighted by Gasteiger charge is -2.33. The highest BCUT2D eigenvalue weighted by Crippen LogP contribution is 2.62. The van der Waals surface area contributed by atoms with Crippen LogP contribution in [0.3, 0.4) is 0 Å². The molecular formula is C23H33F2N3O5S. The molecule has 0 bridgehead atoms. The van der Waals surface area contributed by atoms with Crippen molar-refractivity contribution in [3.05, 3.63) is 35.4 Å². The normalized spacial score (nSPS) is 33.1. The fourth-order valence-electron chi connectivity index (χ4n) is 5.77. The number of carbonyl (C=O) groups is 1. The average molecular weight is 502 g/mol. The lowest BCUT2D eigenvalue weighted by molar-refractivity contribution is -0.01000. The Balaban J connectivity index is 1.42. The van der Waals surface area contributed by atoms with Crippen LogP contribution in [0.1, 0.15) is 44.6 Å². The van der Waals surface area contributed by atoms with E-state index in [2.05, 4.69) is 4.72 Å². The maximum atomic E-state index is 13.7. The smallest absolute Gasteiger partial charge is 0.410 e. The monoisotopic (exact) mass is 501 g/mol. The van der Waals surface area contributed by atoms with Crippen molar-refractivity contribution in [1.29, 1.82) is 0 Å². The van der Waals surface area contributed by atoms with Gasteiger partial charge in [0.25, 0.3) is 10.2 Å². The minimum absolute atomic E-state index is 0.0689. The van der Waals surface area contributed by atoms with Crippen molar-refractivity contribution < 1.29 is 31.5 Å². The number of amides is 1. The van der Waals surface area contributed by atoms with Gasteiger partial charge in [0.2, 0.25) is 0 Å². The number of ether oxygens (including phenoxy) is 2. The van der Waals surface area contributed by atoms with E-state index in [4.69, 9.17) is 9.47 Å². The molecule has 8 nitrogen and oxygen atoms in total. The molecule has 3 aliphatic rings. The summed E-state index contributed by atoms with van der Waals surface area (Å²) in [5.41, 5.74) is 0.528. The summed E-state index contributed by atoms with van der Waals surface area (Å²) in [5, 5.41) is 0. The maximum absolute atomic E-state index is 13.7.